The van der Waals surface area contributed by atoms with Crippen molar-refractivity contribution in [1.82, 2.24) is 25.1 Å². The fraction of sp³-hybridized carbons (Fsp3) is 0.500. The fourth-order valence-electron chi connectivity index (χ4n) is 4.03. The van der Waals surface area contributed by atoms with Gasteiger partial charge in [0.05, 0.1) is 6.54 Å². The number of hydrogen-bond acceptors (Lipinski definition) is 5. The molecule has 1 fully saturated rings. The normalized spacial score (nSPS) is 17.3. The van der Waals surface area contributed by atoms with E-state index in [1.807, 2.05) is 18.5 Å². The molecule has 0 aliphatic carbocycles. The molecule has 0 unspecified atom stereocenters. The number of aromatic nitrogens is 2. The first-order valence-corrected chi connectivity index (χ1v) is 10.7. The van der Waals surface area contributed by atoms with Crippen LogP contribution in [-0.4, -0.2) is 78.1 Å². The third-order valence-corrected chi connectivity index (χ3v) is 5.65. The zero-order valence-electron chi connectivity index (χ0n) is 17.7. The lowest BCUT2D eigenvalue weighted by Gasteiger charge is -2.34. The van der Waals surface area contributed by atoms with Gasteiger partial charge in [0, 0.05) is 64.8 Å². The number of guanidine groups is 1. The van der Waals surface area contributed by atoms with E-state index in [4.69, 9.17) is 4.99 Å². The molecule has 0 saturated carbocycles. The van der Waals surface area contributed by atoms with Gasteiger partial charge in [-0.1, -0.05) is 24.3 Å². The first-order chi connectivity index (χ1) is 14.3. The third-order valence-electron chi connectivity index (χ3n) is 5.65. The number of rotatable bonds is 5. The monoisotopic (exact) mass is 521 g/mol. The van der Waals surface area contributed by atoms with Crippen molar-refractivity contribution in [3.63, 3.8) is 0 Å². The van der Waals surface area contributed by atoms with E-state index >= 15 is 0 Å². The zero-order valence-corrected chi connectivity index (χ0v) is 20.0. The molecule has 2 aliphatic heterocycles. The van der Waals surface area contributed by atoms with Crippen molar-refractivity contribution in [2.75, 3.05) is 57.3 Å². The van der Waals surface area contributed by atoms with Gasteiger partial charge < -0.3 is 15.1 Å². The Morgan fingerprint density at radius 3 is 2.47 bits per heavy atom. The SMILES string of the molecule is CCNC(=NCCN1CCN(c2ncccn2)CC1)N1CCc2ccccc2C1.I. The van der Waals surface area contributed by atoms with Gasteiger partial charge >= 0.3 is 0 Å². The predicted molar refractivity (Wildman–Crippen MR) is 133 cm³/mol. The topological polar surface area (TPSA) is 59.9 Å². The molecule has 2 aliphatic rings. The summed E-state index contributed by atoms with van der Waals surface area (Å²) >= 11 is 0. The summed E-state index contributed by atoms with van der Waals surface area (Å²) in [6.07, 6.45) is 4.71. The lowest BCUT2D eigenvalue weighted by atomic mass is 10.0. The molecule has 4 rings (SSSR count). The Morgan fingerprint density at radius 2 is 1.73 bits per heavy atom. The smallest absolute Gasteiger partial charge is 0.225 e. The number of piperazine rings is 1. The molecular weight excluding hydrogens is 489 g/mol. The largest absolute Gasteiger partial charge is 0.357 e. The molecule has 0 amide bonds. The second-order valence-corrected chi connectivity index (χ2v) is 7.55. The fourth-order valence-corrected chi connectivity index (χ4v) is 4.03. The van der Waals surface area contributed by atoms with Gasteiger partial charge in [-0.2, -0.15) is 0 Å². The van der Waals surface area contributed by atoms with E-state index < -0.39 is 0 Å². The van der Waals surface area contributed by atoms with E-state index in [9.17, 15) is 0 Å². The van der Waals surface area contributed by atoms with E-state index in [0.29, 0.717) is 0 Å². The quantitative estimate of drug-likeness (QED) is 0.370. The number of anilines is 1. The van der Waals surface area contributed by atoms with Gasteiger partial charge in [0.1, 0.15) is 0 Å². The Hall–Kier alpha value is -1.94. The van der Waals surface area contributed by atoms with E-state index in [1.54, 1.807) is 0 Å². The first kappa shape index (κ1) is 22.7. The second kappa shape index (κ2) is 11.5. The minimum atomic E-state index is 0. The first-order valence-electron chi connectivity index (χ1n) is 10.7. The van der Waals surface area contributed by atoms with Crippen LogP contribution in [0.2, 0.25) is 0 Å². The number of benzene rings is 1. The van der Waals surface area contributed by atoms with Crippen molar-refractivity contribution < 1.29 is 0 Å². The molecule has 0 bridgehead atoms. The highest BCUT2D eigenvalue weighted by Gasteiger charge is 2.20. The maximum absolute atomic E-state index is 4.93. The lowest BCUT2D eigenvalue weighted by molar-refractivity contribution is 0.263. The molecule has 1 aromatic carbocycles. The van der Waals surface area contributed by atoms with Crippen LogP contribution in [0.3, 0.4) is 0 Å². The van der Waals surface area contributed by atoms with Crippen molar-refractivity contribution in [2.45, 2.75) is 19.9 Å². The van der Waals surface area contributed by atoms with Gasteiger partial charge in [-0.25, -0.2) is 9.97 Å². The summed E-state index contributed by atoms with van der Waals surface area (Å²) in [6, 6.07) is 10.6. The van der Waals surface area contributed by atoms with Gasteiger partial charge in [-0.15, -0.1) is 24.0 Å². The average molecular weight is 521 g/mol. The van der Waals surface area contributed by atoms with Gasteiger partial charge in [0.15, 0.2) is 5.96 Å². The Morgan fingerprint density at radius 1 is 1.00 bits per heavy atom. The standard InChI is InChI=1S/C22H31N7.HI/c1-2-23-21(29-12-8-19-6-3-4-7-20(19)18-29)26-11-13-27-14-16-28(17-15-27)22-24-9-5-10-25-22;/h3-7,9-10H,2,8,11-18H2,1H3,(H,23,26);1H. The van der Waals surface area contributed by atoms with Crippen molar-refractivity contribution >= 4 is 35.9 Å². The Bertz CT molecular complexity index is 806. The molecule has 30 heavy (non-hydrogen) atoms. The Balaban J connectivity index is 0.00000256. The Labute approximate surface area is 196 Å². The van der Waals surface area contributed by atoms with E-state index in [1.165, 1.54) is 11.1 Å². The van der Waals surface area contributed by atoms with Crippen LogP contribution >= 0.6 is 24.0 Å². The van der Waals surface area contributed by atoms with Gasteiger partial charge in [0.25, 0.3) is 0 Å². The summed E-state index contributed by atoms with van der Waals surface area (Å²) in [5.74, 6) is 1.88. The predicted octanol–water partition coefficient (Wildman–Crippen LogP) is 2.24. The van der Waals surface area contributed by atoms with Crippen LogP contribution < -0.4 is 10.2 Å². The van der Waals surface area contributed by atoms with Crippen LogP contribution in [-0.2, 0) is 13.0 Å². The molecule has 162 valence electrons. The molecule has 0 atom stereocenters. The second-order valence-electron chi connectivity index (χ2n) is 7.55. The van der Waals surface area contributed by atoms with E-state index in [-0.39, 0.29) is 24.0 Å². The molecule has 1 N–H and O–H groups in total. The number of fused-ring (bicyclic) bond motifs is 1. The highest BCUT2D eigenvalue weighted by Crippen LogP contribution is 2.18. The summed E-state index contributed by atoms with van der Waals surface area (Å²) in [6.45, 7) is 10.8. The number of aliphatic imine (C=N–C) groups is 1. The van der Waals surface area contributed by atoms with Crippen molar-refractivity contribution in [1.29, 1.82) is 0 Å². The van der Waals surface area contributed by atoms with E-state index in [0.717, 1.165) is 77.2 Å². The zero-order chi connectivity index (χ0) is 19.9. The average Bonchev–Trinajstić information content (AvgIpc) is 2.79. The van der Waals surface area contributed by atoms with Crippen molar-refractivity contribution in [3.8, 4) is 0 Å². The number of hydrogen-bond donors (Lipinski definition) is 1. The molecule has 8 heteroatoms. The van der Waals surface area contributed by atoms with Gasteiger partial charge in [-0.05, 0) is 30.5 Å². The van der Waals surface area contributed by atoms with E-state index in [2.05, 4.69) is 61.2 Å². The number of nitrogens with one attached hydrogen (secondary N) is 1. The lowest BCUT2D eigenvalue weighted by Crippen LogP contribution is -2.48. The summed E-state index contributed by atoms with van der Waals surface area (Å²) in [5.41, 5.74) is 2.89. The molecule has 2 aromatic rings. The van der Waals surface area contributed by atoms with Crippen LogP contribution in [0.15, 0.2) is 47.7 Å². The molecule has 3 heterocycles. The maximum Gasteiger partial charge on any atom is 0.225 e. The molecule has 1 aromatic heterocycles. The van der Waals surface area contributed by atoms with Crippen molar-refractivity contribution in [3.05, 3.63) is 53.9 Å². The summed E-state index contributed by atoms with van der Waals surface area (Å²) in [5, 5.41) is 3.48. The molecular formula is C22H32IN7. The van der Waals surface area contributed by atoms with Crippen LogP contribution in [0.1, 0.15) is 18.1 Å². The highest BCUT2D eigenvalue weighted by molar-refractivity contribution is 14.0. The molecule has 7 nitrogen and oxygen atoms in total. The Kier molecular flexibility index (Phi) is 8.68. The number of halogens is 1. The van der Waals surface area contributed by atoms with Crippen LogP contribution in [0, 0.1) is 0 Å². The van der Waals surface area contributed by atoms with Crippen LogP contribution in [0.25, 0.3) is 0 Å². The summed E-state index contributed by atoms with van der Waals surface area (Å²) < 4.78 is 0. The minimum absolute atomic E-state index is 0. The molecule has 1 saturated heterocycles. The minimum Gasteiger partial charge on any atom is -0.357 e. The number of nitrogens with zero attached hydrogens (tertiary/aromatic N) is 6. The molecule has 0 spiro atoms. The van der Waals surface area contributed by atoms with Crippen LogP contribution in [0.5, 0.6) is 0 Å². The van der Waals surface area contributed by atoms with Crippen molar-refractivity contribution in [2.24, 2.45) is 4.99 Å². The molecule has 0 radical (unpaired) electrons. The van der Waals surface area contributed by atoms with Gasteiger partial charge in [-0.3, -0.25) is 9.89 Å². The van der Waals surface area contributed by atoms with Gasteiger partial charge in [0.2, 0.25) is 5.95 Å². The summed E-state index contributed by atoms with van der Waals surface area (Å²) in [7, 11) is 0. The summed E-state index contributed by atoms with van der Waals surface area (Å²) in [4.78, 5) is 20.8. The third kappa shape index (κ3) is 5.81. The van der Waals surface area contributed by atoms with Crippen LogP contribution in [0.4, 0.5) is 5.95 Å². The highest BCUT2D eigenvalue weighted by atomic mass is 127. The maximum atomic E-state index is 4.93.